The summed E-state index contributed by atoms with van der Waals surface area (Å²) in [5.74, 6) is -0.833. The fraction of sp³-hybridized carbons (Fsp3) is 0.500. The number of nitrogens with one attached hydrogen (secondary N) is 1. The number of rotatable bonds is 4. The van der Waals surface area contributed by atoms with Crippen molar-refractivity contribution < 1.29 is 9.18 Å². The van der Waals surface area contributed by atoms with Crippen LogP contribution in [0.15, 0.2) is 18.2 Å². The van der Waals surface area contributed by atoms with Gasteiger partial charge in [0.05, 0.1) is 5.56 Å². The van der Waals surface area contributed by atoms with E-state index in [9.17, 15) is 9.18 Å². The zero-order valence-corrected chi connectivity index (χ0v) is 11.7. The van der Waals surface area contributed by atoms with Crippen LogP contribution in [0.25, 0.3) is 0 Å². The molecule has 1 unspecified atom stereocenters. The molecule has 1 aromatic rings. The van der Waals surface area contributed by atoms with Crippen LogP contribution in [0.3, 0.4) is 0 Å². The molecule has 3 nitrogen and oxygen atoms in total. The molecule has 1 heterocycles. The molecule has 1 aliphatic heterocycles. The van der Waals surface area contributed by atoms with Crippen molar-refractivity contribution in [2.75, 3.05) is 19.6 Å². The SMILES string of the molecule is CCN(CC1CCCN1)C(=O)c1ccc(Cl)cc1F. The molecule has 1 fully saturated rings. The second-order valence-corrected chi connectivity index (χ2v) is 5.20. The lowest BCUT2D eigenvalue weighted by molar-refractivity contribution is 0.0746. The van der Waals surface area contributed by atoms with Gasteiger partial charge in [-0.3, -0.25) is 4.79 Å². The van der Waals surface area contributed by atoms with Crippen molar-refractivity contribution in [3.8, 4) is 0 Å². The molecular formula is C14H18ClFN2O. The normalized spacial score (nSPS) is 18.6. The van der Waals surface area contributed by atoms with E-state index >= 15 is 0 Å². The van der Waals surface area contributed by atoms with E-state index in [4.69, 9.17) is 11.6 Å². The maximum absolute atomic E-state index is 13.8. The van der Waals surface area contributed by atoms with Crippen molar-refractivity contribution in [3.63, 3.8) is 0 Å². The lowest BCUT2D eigenvalue weighted by Gasteiger charge is -2.24. The lowest BCUT2D eigenvalue weighted by Crippen LogP contribution is -2.41. The Balaban J connectivity index is 2.10. The van der Waals surface area contributed by atoms with Crippen LogP contribution in [0.2, 0.25) is 5.02 Å². The zero-order chi connectivity index (χ0) is 13.8. The summed E-state index contributed by atoms with van der Waals surface area (Å²) in [5.41, 5.74) is 0.0873. The average Bonchev–Trinajstić information content (AvgIpc) is 2.88. The predicted molar refractivity (Wildman–Crippen MR) is 74.0 cm³/mol. The number of amides is 1. The molecule has 0 bridgehead atoms. The fourth-order valence-corrected chi connectivity index (χ4v) is 2.53. The van der Waals surface area contributed by atoms with Gasteiger partial charge in [-0.2, -0.15) is 0 Å². The largest absolute Gasteiger partial charge is 0.337 e. The molecule has 1 N–H and O–H groups in total. The Kier molecular flexibility index (Phi) is 4.77. The quantitative estimate of drug-likeness (QED) is 0.922. The Bertz CT molecular complexity index is 461. The van der Waals surface area contributed by atoms with Crippen molar-refractivity contribution in [1.82, 2.24) is 10.2 Å². The average molecular weight is 285 g/mol. The van der Waals surface area contributed by atoms with Gasteiger partial charge in [0.15, 0.2) is 0 Å². The van der Waals surface area contributed by atoms with Crippen LogP contribution in [-0.4, -0.2) is 36.5 Å². The monoisotopic (exact) mass is 284 g/mol. The van der Waals surface area contributed by atoms with Crippen LogP contribution in [0, 0.1) is 5.82 Å². The van der Waals surface area contributed by atoms with Crippen molar-refractivity contribution in [2.45, 2.75) is 25.8 Å². The molecule has 1 atom stereocenters. The van der Waals surface area contributed by atoms with Crippen LogP contribution in [0.1, 0.15) is 30.1 Å². The highest BCUT2D eigenvalue weighted by Gasteiger charge is 2.23. The number of hydrogen-bond acceptors (Lipinski definition) is 2. The van der Waals surface area contributed by atoms with Crippen LogP contribution < -0.4 is 5.32 Å². The van der Waals surface area contributed by atoms with Crippen LogP contribution in [0.5, 0.6) is 0 Å². The molecule has 1 amide bonds. The molecule has 1 aliphatic rings. The summed E-state index contributed by atoms with van der Waals surface area (Å²) >= 11 is 5.70. The minimum absolute atomic E-state index is 0.0873. The van der Waals surface area contributed by atoms with E-state index in [1.807, 2.05) is 6.92 Å². The molecule has 0 aromatic heterocycles. The Morgan fingerprint density at radius 1 is 1.58 bits per heavy atom. The van der Waals surface area contributed by atoms with Gasteiger partial charge < -0.3 is 10.2 Å². The van der Waals surface area contributed by atoms with Crippen molar-refractivity contribution in [1.29, 1.82) is 0 Å². The van der Waals surface area contributed by atoms with E-state index in [2.05, 4.69) is 5.32 Å². The van der Waals surface area contributed by atoms with Gasteiger partial charge in [-0.25, -0.2) is 4.39 Å². The van der Waals surface area contributed by atoms with Gasteiger partial charge in [0, 0.05) is 24.2 Å². The topological polar surface area (TPSA) is 32.3 Å². The number of carbonyl (C=O) groups excluding carboxylic acids is 1. The summed E-state index contributed by atoms with van der Waals surface area (Å²) in [6.07, 6.45) is 2.19. The van der Waals surface area contributed by atoms with Crippen molar-refractivity contribution >= 4 is 17.5 Å². The number of likely N-dealkylation sites (N-methyl/N-ethyl adjacent to an activating group) is 1. The molecule has 0 radical (unpaired) electrons. The number of halogens is 2. The molecule has 2 rings (SSSR count). The third-order valence-corrected chi connectivity index (χ3v) is 3.67. The highest BCUT2D eigenvalue weighted by atomic mass is 35.5. The molecule has 104 valence electrons. The van der Waals surface area contributed by atoms with Gasteiger partial charge in [-0.05, 0) is 44.5 Å². The third kappa shape index (κ3) is 3.45. The first-order valence-electron chi connectivity index (χ1n) is 6.59. The van der Waals surface area contributed by atoms with Crippen molar-refractivity contribution in [2.24, 2.45) is 0 Å². The number of nitrogens with zero attached hydrogens (tertiary/aromatic N) is 1. The Hall–Kier alpha value is -1.13. The maximum Gasteiger partial charge on any atom is 0.256 e. The molecule has 19 heavy (non-hydrogen) atoms. The highest BCUT2D eigenvalue weighted by Crippen LogP contribution is 2.17. The van der Waals surface area contributed by atoms with Gasteiger partial charge in [0.25, 0.3) is 5.91 Å². The molecule has 0 saturated carbocycles. The van der Waals surface area contributed by atoms with Crippen LogP contribution >= 0.6 is 11.6 Å². The smallest absolute Gasteiger partial charge is 0.256 e. The minimum atomic E-state index is -0.560. The predicted octanol–water partition coefficient (Wildman–Crippen LogP) is 2.69. The summed E-state index contributed by atoms with van der Waals surface area (Å²) < 4.78 is 13.8. The summed E-state index contributed by atoms with van der Waals surface area (Å²) in [6, 6.07) is 4.49. The summed E-state index contributed by atoms with van der Waals surface area (Å²) in [5, 5.41) is 3.64. The number of carbonyl (C=O) groups is 1. The molecule has 5 heteroatoms. The van der Waals surface area contributed by atoms with Gasteiger partial charge in [-0.15, -0.1) is 0 Å². The highest BCUT2D eigenvalue weighted by molar-refractivity contribution is 6.30. The Labute approximate surface area is 117 Å². The minimum Gasteiger partial charge on any atom is -0.337 e. The summed E-state index contributed by atoms with van der Waals surface area (Å²) in [6.45, 7) is 4.09. The molecule has 1 aromatic carbocycles. The van der Waals surface area contributed by atoms with E-state index in [1.54, 1.807) is 11.0 Å². The first kappa shape index (κ1) is 14.3. The van der Waals surface area contributed by atoms with E-state index < -0.39 is 5.82 Å². The lowest BCUT2D eigenvalue weighted by atomic mass is 10.1. The molecule has 0 spiro atoms. The standard InChI is InChI=1S/C14H18ClFN2O/c1-2-18(9-11-4-3-7-17-11)14(19)12-6-5-10(15)8-13(12)16/h5-6,8,11,17H,2-4,7,9H2,1H3. The third-order valence-electron chi connectivity index (χ3n) is 3.43. The second kappa shape index (κ2) is 6.35. The summed E-state index contributed by atoms with van der Waals surface area (Å²) in [7, 11) is 0. The van der Waals surface area contributed by atoms with Gasteiger partial charge in [-0.1, -0.05) is 11.6 Å². The first-order chi connectivity index (χ1) is 9.11. The van der Waals surface area contributed by atoms with Gasteiger partial charge >= 0.3 is 0 Å². The number of hydrogen-bond donors (Lipinski definition) is 1. The van der Waals surface area contributed by atoms with Crippen LogP contribution in [-0.2, 0) is 0 Å². The van der Waals surface area contributed by atoms with Crippen LogP contribution in [0.4, 0.5) is 4.39 Å². The first-order valence-corrected chi connectivity index (χ1v) is 6.97. The van der Waals surface area contributed by atoms with Crippen molar-refractivity contribution in [3.05, 3.63) is 34.6 Å². The van der Waals surface area contributed by atoms with E-state index in [0.717, 1.165) is 19.4 Å². The van der Waals surface area contributed by atoms with Gasteiger partial charge in [0.1, 0.15) is 5.82 Å². The maximum atomic E-state index is 13.8. The molecular weight excluding hydrogens is 267 g/mol. The van der Waals surface area contributed by atoms with Gasteiger partial charge in [0.2, 0.25) is 0 Å². The number of benzene rings is 1. The van der Waals surface area contributed by atoms with E-state index in [-0.39, 0.29) is 11.5 Å². The second-order valence-electron chi connectivity index (χ2n) is 4.76. The molecule has 1 saturated heterocycles. The zero-order valence-electron chi connectivity index (χ0n) is 11.0. The molecule has 0 aliphatic carbocycles. The Morgan fingerprint density at radius 2 is 2.37 bits per heavy atom. The summed E-state index contributed by atoms with van der Waals surface area (Å²) in [4.78, 5) is 14.0. The van der Waals surface area contributed by atoms with E-state index in [0.29, 0.717) is 24.2 Å². The fourth-order valence-electron chi connectivity index (χ4n) is 2.37. The van der Waals surface area contributed by atoms with E-state index in [1.165, 1.54) is 12.1 Å². The Morgan fingerprint density at radius 3 is 2.95 bits per heavy atom.